The van der Waals surface area contributed by atoms with Crippen LogP contribution in [0.5, 0.6) is 5.75 Å². The number of carbonyl (C=O) groups excluding carboxylic acids is 2. The fourth-order valence-corrected chi connectivity index (χ4v) is 2.16. The number of hydrogen-bond acceptors (Lipinski definition) is 3. The number of nitrogens with one attached hydrogen (secondary N) is 2. The quantitative estimate of drug-likeness (QED) is 0.741. The Morgan fingerprint density at radius 1 is 1.24 bits per heavy atom. The summed E-state index contributed by atoms with van der Waals surface area (Å²) >= 11 is 0. The van der Waals surface area contributed by atoms with Crippen LogP contribution in [0.15, 0.2) is 36.4 Å². The van der Waals surface area contributed by atoms with E-state index in [-0.39, 0.29) is 18.0 Å². The molecule has 0 saturated heterocycles. The molecule has 2 amide bonds. The lowest BCUT2D eigenvalue weighted by molar-refractivity contribution is -0.115. The fraction of sp³-hybridized carbons (Fsp3) is 0.0667. The highest BCUT2D eigenvalue weighted by Gasteiger charge is 2.19. The lowest BCUT2D eigenvalue weighted by atomic mass is 10.1. The molecular weight excluding hydrogens is 275 g/mol. The zero-order chi connectivity index (χ0) is 15.0. The van der Waals surface area contributed by atoms with E-state index in [0.29, 0.717) is 11.3 Å². The van der Waals surface area contributed by atoms with Crippen molar-refractivity contribution in [2.75, 3.05) is 10.6 Å². The summed E-state index contributed by atoms with van der Waals surface area (Å²) in [5.41, 5.74) is 2.07. The molecule has 6 heteroatoms. The number of fused-ring (bicyclic) bond motifs is 1. The molecule has 2 aromatic rings. The first kappa shape index (κ1) is 13.1. The predicted octanol–water partition coefficient (Wildman–Crippen LogP) is 2.28. The first-order chi connectivity index (χ1) is 10.0. The second-order valence-electron chi connectivity index (χ2n) is 4.72. The van der Waals surface area contributed by atoms with E-state index in [4.69, 9.17) is 5.11 Å². The van der Waals surface area contributed by atoms with Gasteiger partial charge in [0.05, 0.1) is 6.42 Å². The maximum atomic E-state index is 13.2. The normalized spacial score (nSPS) is 12.7. The summed E-state index contributed by atoms with van der Waals surface area (Å²) in [5, 5.41) is 14.3. The number of phenolic OH excluding ortho intramolecular Hbond substituents is 1. The molecule has 0 aliphatic carbocycles. The molecule has 0 radical (unpaired) electrons. The van der Waals surface area contributed by atoms with Gasteiger partial charge in [0.25, 0.3) is 5.91 Å². The summed E-state index contributed by atoms with van der Waals surface area (Å²) in [4.78, 5) is 23.4. The van der Waals surface area contributed by atoms with E-state index in [9.17, 15) is 14.0 Å². The van der Waals surface area contributed by atoms with Gasteiger partial charge in [0, 0.05) is 23.0 Å². The first-order valence-corrected chi connectivity index (χ1v) is 6.25. The van der Waals surface area contributed by atoms with Crippen LogP contribution in [0.1, 0.15) is 15.9 Å². The van der Waals surface area contributed by atoms with Crippen molar-refractivity contribution in [3.8, 4) is 5.75 Å². The Hall–Kier alpha value is -2.89. The molecule has 5 nitrogen and oxygen atoms in total. The van der Waals surface area contributed by atoms with Crippen molar-refractivity contribution in [3.63, 3.8) is 0 Å². The second-order valence-corrected chi connectivity index (χ2v) is 4.72. The smallest absolute Gasteiger partial charge is 0.255 e. The number of anilines is 2. The number of rotatable bonds is 2. The number of carbonyl (C=O) groups is 2. The molecular formula is C15H11FN2O3. The minimum absolute atomic E-state index is 0.108. The molecule has 0 unspecified atom stereocenters. The topological polar surface area (TPSA) is 78.4 Å². The summed E-state index contributed by atoms with van der Waals surface area (Å²) in [6, 6.07) is 8.46. The Morgan fingerprint density at radius 2 is 2.05 bits per heavy atom. The molecule has 0 spiro atoms. The second kappa shape index (κ2) is 4.90. The third-order valence-electron chi connectivity index (χ3n) is 3.20. The SMILES string of the molecule is O=C1Cc2cc(C(=O)Nc3ccc(O)c(F)c3)ccc2N1. The molecule has 0 bridgehead atoms. The maximum Gasteiger partial charge on any atom is 0.255 e. The number of halogens is 1. The molecule has 1 aliphatic heterocycles. The van der Waals surface area contributed by atoms with Crippen molar-refractivity contribution in [1.82, 2.24) is 0 Å². The van der Waals surface area contributed by atoms with Crippen LogP contribution in [0.2, 0.25) is 0 Å². The predicted molar refractivity (Wildman–Crippen MR) is 74.8 cm³/mol. The van der Waals surface area contributed by atoms with Crippen LogP contribution in [0, 0.1) is 5.82 Å². The average Bonchev–Trinajstić information content (AvgIpc) is 2.82. The zero-order valence-corrected chi connectivity index (χ0v) is 10.8. The van der Waals surface area contributed by atoms with E-state index < -0.39 is 17.5 Å². The molecule has 3 N–H and O–H groups in total. The van der Waals surface area contributed by atoms with Gasteiger partial charge in [-0.2, -0.15) is 0 Å². The number of amides is 2. The van der Waals surface area contributed by atoms with Gasteiger partial charge in [-0.05, 0) is 35.9 Å². The lowest BCUT2D eigenvalue weighted by Gasteiger charge is -2.07. The largest absolute Gasteiger partial charge is 0.505 e. The van der Waals surface area contributed by atoms with Gasteiger partial charge in [0.2, 0.25) is 5.91 Å². The molecule has 106 valence electrons. The number of phenols is 1. The van der Waals surface area contributed by atoms with Crippen LogP contribution in [0.3, 0.4) is 0 Å². The molecule has 0 saturated carbocycles. The van der Waals surface area contributed by atoms with Gasteiger partial charge in [-0.1, -0.05) is 0 Å². The number of aromatic hydroxyl groups is 1. The van der Waals surface area contributed by atoms with E-state index in [2.05, 4.69) is 10.6 Å². The van der Waals surface area contributed by atoms with Gasteiger partial charge >= 0.3 is 0 Å². The highest BCUT2D eigenvalue weighted by atomic mass is 19.1. The van der Waals surface area contributed by atoms with Gasteiger partial charge in [0.15, 0.2) is 11.6 Å². The monoisotopic (exact) mass is 286 g/mol. The average molecular weight is 286 g/mol. The Morgan fingerprint density at radius 3 is 2.81 bits per heavy atom. The van der Waals surface area contributed by atoms with Gasteiger partial charge in [-0.25, -0.2) is 4.39 Å². The molecule has 0 fully saturated rings. The summed E-state index contributed by atoms with van der Waals surface area (Å²) < 4.78 is 13.2. The molecule has 1 heterocycles. The number of benzene rings is 2. The van der Waals surface area contributed by atoms with Crippen LogP contribution < -0.4 is 10.6 Å². The summed E-state index contributed by atoms with van der Waals surface area (Å²) in [6.07, 6.45) is 0.240. The summed E-state index contributed by atoms with van der Waals surface area (Å²) in [6.45, 7) is 0. The first-order valence-electron chi connectivity index (χ1n) is 6.25. The zero-order valence-electron chi connectivity index (χ0n) is 10.8. The van der Waals surface area contributed by atoms with E-state index in [1.807, 2.05) is 0 Å². The minimum Gasteiger partial charge on any atom is -0.505 e. The van der Waals surface area contributed by atoms with Gasteiger partial charge in [-0.15, -0.1) is 0 Å². The highest BCUT2D eigenvalue weighted by Crippen LogP contribution is 2.25. The molecule has 21 heavy (non-hydrogen) atoms. The fourth-order valence-electron chi connectivity index (χ4n) is 2.16. The molecule has 0 aromatic heterocycles. The summed E-state index contributed by atoms with van der Waals surface area (Å²) in [7, 11) is 0. The van der Waals surface area contributed by atoms with Crippen LogP contribution >= 0.6 is 0 Å². The van der Waals surface area contributed by atoms with Crippen molar-refractivity contribution in [2.24, 2.45) is 0 Å². The van der Waals surface area contributed by atoms with Crippen molar-refractivity contribution in [2.45, 2.75) is 6.42 Å². The number of hydrogen-bond donors (Lipinski definition) is 3. The maximum absolute atomic E-state index is 13.2. The van der Waals surface area contributed by atoms with E-state index >= 15 is 0 Å². The van der Waals surface area contributed by atoms with Crippen molar-refractivity contribution >= 4 is 23.2 Å². The molecule has 2 aromatic carbocycles. The lowest BCUT2D eigenvalue weighted by Crippen LogP contribution is -2.12. The van der Waals surface area contributed by atoms with Gasteiger partial charge in [-0.3, -0.25) is 9.59 Å². The minimum atomic E-state index is -0.809. The molecule has 3 rings (SSSR count). The van der Waals surface area contributed by atoms with Crippen molar-refractivity contribution in [1.29, 1.82) is 0 Å². The molecule has 1 aliphatic rings. The third-order valence-corrected chi connectivity index (χ3v) is 3.20. The molecule has 0 atom stereocenters. The van der Waals surface area contributed by atoms with E-state index in [1.165, 1.54) is 6.07 Å². The van der Waals surface area contributed by atoms with Crippen molar-refractivity contribution < 1.29 is 19.1 Å². The summed E-state index contributed by atoms with van der Waals surface area (Å²) in [5.74, 6) is -1.81. The van der Waals surface area contributed by atoms with Crippen molar-refractivity contribution in [3.05, 3.63) is 53.3 Å². The van der Waals surface area contributed by atoms with E-state index in [0.717, 1.165) is 17.7 Å². The Bertz CT molecular complexity index is 759. The van der Waals surface area contributed by atoms with Crippen LogP contribution in [0.25, 0.3) is 0 Å². The Kier molecular flexibility index (Phi) is 3.06. The standard InChI is InChI=1S/C15H11FN2O3/c16-11-7-10(2-4-13(11)19)17-15(21)8-1-3-12-9(5-8)6-14(20)18-12/h1-5,7,19H,6H2,(H,17,21)(H,18,20). The van der Waals surface area contributed by atoms with Crippen LogP contribution in [-0.2, 0) is 11.2 Å². The van der Waals surface area contributed by atoms with Gasteiger partial charge < -0.3 is 15.7 Å². The van der Waals surface area contributed by atoms with Gasteiger partial charge in [0.1, 0.15) is 0 Å². The van der Waals surface area contributed by atoms with Crippen LogP contribution in [0.4, 0.5) is 15.8 Å². The van der Waals surface area contributed by atoms with E-state index in [1.54, 1.807) is 18.2 Å². The highest BCUT2D eigenvalue weighted by molar-refractivity contribution is 6.06. The Labute approximate surface area is 119 Å². The van der Waals surface area contributed by atoms with Crippen LogP contribution in [-0.4, -0.2) is 16.9 Å². The third kappa shape index (κ3) is 2.55. The Balaban J connectivity index is 1.81.